The monoisotopic (exact) mass is 261 g/mol. The van der Waals surface area contributed by atoms with E-state index < -0.39 is 0 Å². The van der Waals surface area contributed by atoms with Crippen LogP contribution in [-0.2, 0) is 6.42 Å². The molecule has 0 aliphatic heterocycles. The van der Waals surface area contributed by atoms with Crippen molar-refractivity contribution in [2.45, 2.75) is 40.2 Å². The van der Waals surface area contributed by atoms with Crippen LogP contribution in [0.25, 0.3) is 0 Å². The van der Waals surface area contributed by atoms with E-state index in [9.17, 15) is 0 Å². The second-order valence-electron chi connectivity index (χ2n) is 4.49. The summed E-state index contributed by atoms with van der Waals surface area (Å²) >= 11 is 0. The first-order chi connectivity index (χ1) is 9.01. The number of aryl methyl sites for hydroxylation is 2. The molecule has 2 aromatic heterocycles. The lowest BCUT2D eigenvalue weighted by molar-refractivity contribution is 0.784. The minimum absolute atomic E-state index is 0.0519. The van der Waals surface area contributed by atoms with Crippen LogP contribution in [-0.4, -0.2) is 25.1 Å². The van der Waals surface area contributed by atoms with Crippen molar-refractivity contribution in [2.75, 3.05) is 11.1 Å². The number of nitrogen functional groups attached to an aromatic ring is 1. The molecule has 7 nitrogen and oxygen atoms in total. The van der Waals surface area contributed by atoms with Gasteiger partial charge in [-0.15, -0.1) is 0 Å². The van der Waals surface area contributed by atoms with E-state index in [1.165, 1.54) is 0 Å². The van der Waals surface area contributed by atoms with Gasteiger partial charge in [-0.25, -0.2) is 9.97 Å². The second kappa shape index (κ2) is 5.21. The van der Waals surface area contributed by atoms with Crippen LogP contribution in [0.4, 0.5) is 11.8 Å². The molecule has 0 bridgehead atoms. The normalized spacial score (nSPS) is 12.4. The highest BCUT2D eigenvalue weighted by molar-refractivity contribution is 5.50. The van der Waals surface area contributed by atoms with Gasteiger partial charge in [-0.3, -0.25) is 5.10 Å². The minimum Gasteiger partial charge on any atom is -0.368 e. The molecule has 19 heavy (non-hydrogen) atoms. The summed E-state index contributed by atoms with van der Waals surface area (Å²) in [5.41, 5.74) is 7.66. The highest BCUT2D eigenvalue weighted by atomic mass is 15.2. The molecule has 0 aliphatic carbocycles. The van der Waals surface area contributed by atoms with Crippen LogP contribution in [0.15, 0.2) is 0 Å². The fraction of sp³-hybridized carbons (Fsp3) is 0.500. The van der Waals surface area contributed by atoms with Crippen LogP contribution in [0.3, 0.4) is 0 Å². The predicted molar refractivity (Wildman–Crippen MR) is 73.7 cm³/mol. The summed E-state index contributed by atoms with van der Waals surface area (Å²) < 4.78 is 0. The number of rotatable bonds is 4. The van der Waals surface area contributed by atoms with Gasteiger partial charge in [0, 0.05) is 11.3 Å². The number of nitrogens with two attached hydrogens (primary N) is 1. The first kappa shape index (κ1) is 13.3. The molecule has 0 saturated carbocycles. The zero-order chi connectivity index (χ0) is 14.0. The Morgan fingerprint density at radius 1 is 1.26 bits per heavy atom. The average Bonchev–Trinajstić information content (AvgIpc) is 2.75. The summed E-state index contributed by atoms with van der Waals surface area (Å²) in [7, 11) is 0. The number of hydrogen-bond donors (Lipinski definition) is 3. The molecule has 0 unspecified atom stereocenters. The van der Waals surface area contributed by atoms with Crippen molar-refractivity contribution in [1.29, 1.82) is 0 Å². The Kier molecular flexibility index (Phi) is 3.64. The van der Waals surface area contributed by atoms with E-state index >= 15 is 0 Å². The first-order valence-electron chi connectivity index (χ1n) is 6.29. The SMILES string of the molecule is CCc1c(C)nc(N)nc1N[C@@H](C)c1n[nH]c(C)n1. The lowest BCUT2D eigenvalue weighted by Crippen LogP contribution is -2.14. The quantitative estimate of drug-likeness (QED) is 0.770. The molecule has 7 heteroatoms. The Bertz CT molecular complexity index is 575. The van der Waals surface area contributed by atoms with Crippen molar-refractivity contribution in [1.82, 2.24) is 25.1 Å². The summed E-state index contributed by atoms with van der Waals surface area (Å²) in [6.45, 7) is 7.85. The standard InChI is InChI=1S/C12H19N7/c1-5-9-6(2)15-12(13)17-11(9)14-7(3)10-16-8(4)18-19-10/h7H,5H2,1-4H3,(H,16,18,19)(H3,13,14,15,17)/t7-/m0/s1. The van der Waals surface area contributed by atoms with Gasteiger partial charge in [-0.1, -0.05) is 6.92 Å². The van der Waals surface area contributed by atoms with Gasteiger partial charge in [0.1, 0.15) is 11.6 Å². The maximum atomic E-state index is 5.70. The zero-order valence-electron chi connectivity index (χ0n) is 11.7. The molecule has 2 heterocycles. The highest BCUT2D eigenvalue weighted by Crippen LogP contribution is 2.22. The fourth-order valence-corrected chi connectivity index (χ4v) is 1.98. The molecule has 0 fully saturated rings. The van der Waals surface area contributed by atoms with E-state index in [0.717, 1.165) is 29.3 Å². The molecular formula is C12H19N7. The van der Waals surface area contributed by atoms with Crippen LogP contribution in [0.1, 0.15) is 42.8 Å². The predicted octanol–water partition coefficient (Wildman–Crippen LogP) is 1.53. The van der Waals surface area contributed by atoms with Gasteiger partial charge in [-0.2, -0.15) is 10.1 Å². The summed E-state index contributed by atoms with van der Waals surface area (Å²) in [6, 6.07) is -0.0519. The molecular weight excluding hydrogens is 242 g/mol. The number of nitrogens with zero attached hydrogens (tertiary/aromatic N) is 4. The third kappa shape index (κ3) is 2.81. The Labute approximate surface area is 112 Å². The molecule has 0 saturated heterocycles. The van der Waals surface area contributed by atoms with E-state index in [-0.39, 0.29) is 12.0 Å². The molecule has 2 rings (SSSR count). The van der Waals surface area contributed by atoms with Gasteiger partial charge in [-0.05, 0) is 27.2 Å². The van der Waals surface area contributed by atoms with E-state index in [4.69, 9.17) is 5.73 Å². The van der Waals surface area contributed by atoms with Gasteiger partial charge in [0.25, 0.3) is 0 Å². The van der Waals surface area contributed by atoms with E-state index in [2.05, 4.69) is 37.4 Å². The van der Waals surface area contributed by atoms with Crippen molar-refractivity contribution >= 4 is 11.8 Å². The lowest BCUT2D eigenvalue weighted by atomic mass is 10.1. The van der Waals surface area contributed by atoms with Crippen molar-refractivity contribution in [3.63, 3.8) is 0 Å². The zero-order valence-corrected chi connectivity index (χ0v) is 11.7. The summed E-state index contributed by atoms with van der Waals surface area (Å²) in [5.74, 6) is 2.52. The highest BCUT2D eigenvalue weighted by Gasteiger charge is 2.15. The van der Waals surface area contributed by atoms with Gasteiger partial charge in [0.2, 0.25) is 5.95 Å². The van der Waals surface area contributed by atoms with Crippen molar-refractivity contribution in [2.24, 2.45) is 0 Å². The van der Waals surface area contributed by atoms with E-state index in [0.29, 0.717) is 5.82 Å². The van der Waals surface area contributed by atoms with E-state index in [1.54, 1.807) is 0 Å². The topological polar surface area (TPSA) is 105 Å². The fourth-order valence-electron chi connectivity index (χ4n) is 1.98. The molecule has 0 aromatic carbocycles. The molecule has 102 valence electrons. The second-order valence-corrected chi connectivity index (χ2v) is 4.49. The van der Waals surface area contributed by atoms with Gasteiger partial charge >= 0.3 is 0 Å². The lowest BCUT2D eigenvalue weighted by Gasteiger charge is -2.15. The third-order valence-corrected chi connectivity index (χ3v) is 2.94. The van der Waals surface area contributed by atoms with Crippen LogP contribution < -0.4 is 11.1 Å². The molecule has 1 atom stereocenters. The van der Waals surface area contributed by atoms with Crippen LogP contribution >= 0.6 is 0 Å². The van der Waals surface area contributed by atoms with Crippen LogP contribution in [0, 0.1) is 13.8 Å². The molecule has 0 spiro atoms. The van der Waals surface area contributed by atoms with Crippen LogP contribution in [0.2, 0.25) is 0 Å². The molecule has 2 aromatic rings. The molecule has 0 aliphatic rings. The van der Waals surface area contributed by atoms with Crippen LogP contribution in [0.5, 0.6) is 0 Å². The molecule has 0 amide bonds. The average molecular weight is 261 g/mol. The summed E-state index contributed by atoms with van der Waals surface area (Å²) in [6.07, 6.45) is 0.841. The number of anilines is 2. The van der Waals surface area contributed by atoms with Crippen molar-refractivity contribution in [3.05, 3.63) is 22.9 Å². The van der Waals surface area contributed by atoms with Gasteiger partial charge in [0.05, 0.1) is 6.04 Å². The van der Waals surface area contributed by atoms with Crippen molar-refractivity contribution in [3.8, 4) is 0 Å². The van der Waals surface area contributed by atoms with Gasteiger partial charge in [0.15, 0.2) is 5.82 Å². The molecule has 0 radical (unpaired) electrons. The maximum Gasteiger partial charge on any atom is 0.222 e. The largest absolute Gasteiger partial charge is 0.368 e. The smallest absolute Gasteiger partial charge is 0.222 e. The minimum atomic E-state index is -0.0519. The Morgan fingerprint density at radius 2 is 2.00 bits per heavy atom. The molecule has 4 N–H and O–H groups in total. The first-order valence-corrected chi connectivity index (χ1v) is 6.29. The Morgan fingerprint density at radius 3 is 2.58 bits per heavy atom. The number of H-pyrrole nitrogens is 1. The van der Waals surface area contributed by atoms with Crippen molar-refractivity contribution < 1.29 is 0 Å². The number of nitrogens with one attached hydrogen (secondary N) is 2. The third-order valence-electron chi connectivity index (χ3n) is 2.94. The number of aromatic amines is 1. The Hall–Kier alpha value is -2.18. The maximum absolute atomic E-state index is 5.70. The van der Waals surface area contributed by atoms with Gasteiger partial charge < -0.3 is 11.1 Å². The summed E-state index contributed by atoms with van der Waals surface area (Å²) in [5, 5.41) is 10.3. The number of aromatic nitrogens is 5. The van der Waals surface area contributed by atoms with E-state index in [1.807, 2.05) is 20.8 Å². The Balaban J connectivity index is 2.27. The number of hydrogen-bond acceptors (Lipinski definition) is 6. The summed E-state index contributed by atoms with van der Waals surface area (Å²) in [4.78, 5) is 12.7.